The Bertz CT molecular complexity index is 607. The lowest BCUT2D eigenvalue weighted by atomic mass is 10.2. The van der Waals surface area contributed by atoms with Crippen molar-refractivity contribution in [3.63, 3.8) is 0 Å². The molecule has 0 atom stereocenters. The van der Waals surface area contributed by atoms with Crippen molar-refractivity contribution >= 4 is 17.3 Å². The van der Waals surface area contributed by atoms with Gasteiger partial charge in [-0.25, -0.2) is 4.98 Å². The van der Waals surface area contributed by atoms with E-state index >= 15 is 0 Å². The summed E-state index contributed by atoms with van der Waals surface area (Å²) in [6.45, 7) is 0.222. The number of ether oxygens (including phenoxy) is 1. The average molecular weight is 260 g/mol. The minimum atomic E-state index is 0.222. The van der Waals surface area contributed by atoms with Crippen molar-refractivity contribution in [3.05, 3.63) is 52.8 Å². The number of nitriles is 1. The van der Waals surface area contributed by atoms with Crippen LogP contribution in [0.25, 0.3) is 0 Å². The van der Waals surface area contributed by atoms with Gasteiger partial charge in [0.1, 0.15) is 24.1 Å². The molecule has 4 nitrogen and oxygen atoms in total. The Morgan fingerprint density at radius 2 is 2.22 bits per heavy atom. The summed E-state index contributed by atoms with van der Waals surface area (Å²) >= 11 is 5.97. The maximum atomic E-state index is 8.90. The summed E-state index contributed by atoms with van der Waals surface area (Å²) in [5, 5.41) is 9.38. The molecular weight excluding hydrogens is 250 g/mol. The van der Waals surface area contributed by atoms with Crippen molar-refractivity contribution in [1.82, 2.24) is 4.98 Å². The lowest BCUT2D eigenvalue weighted by molar-refractivity contribution is 0.306. The van der Waals surface area contributed by atoms with Gasteiger partial charge >= 0.3 is 0 Å². The Morgan fingerprint density at radius 3 is 3.00 bits per heavy atom. The monoisotopic (exact) mass is 259 g/mol. The summed E-state index contributed by atoms with van der Waals surface area (Å²) < 4.78 is 5.54. The Hall–Kier alpha value is -2.25. The van der Waals surface area contributed by atoms with E-state index in [0.29, 0.717) is 27.7 Å². The number of pyridine rings is 1. The molecule has 2 aromatic rings. The first-order valence-electron chi connectivity index (χ1n) is 5.22. The summed E-state index contributed by atoms with van der Waals surface area (Å²) in [6, 6.07) is 10.5. The van der Waals surface area contributed by atoms with E-state index in [1.807, 2.05) is 6.07 Å². The molecule has 0 saturated carbocycles. The summed E-state index contributed by atoms with van der Waals surface area (Å²) in [5.74, 6) is 0.490. The highest BCUT2D eigenvalue weighted by Gasteiger charge is 2.06. The Kier molecular flexibility index (Phi) is 3.66. The molecule has 0 fully saturated rings. The van der Waals surface area contributed by atoms with Crippen molar-refractivity contribution in [1.29, 1.82) is 5.26 Å². The zero-order chi connectivity index (χ0) is 13.0. The molecule has 18 heavy (non-hydrogen) atoms. The number of hydrogen-bond acceptors (Lipinski definition) is 4. The molecular formula is C13H10ClN3O. The van der Waals surface area contributed by atoms with Gasteiger partial charge in [-0.1, -0.05) is 17.7 Å². The van der Waals surface area contributed by atoms with Gasteiger partial charge in [0.05, 0.1) is 5.02 Å². The Labute approximate surface area is 110 Å². The predicted octanol–water partition coefficient (Wildman–Crippen LogP) is 2.77. The fourth-order valence-electron chi connectivity index (χ4n) is 1.44. The summed E-state index contributed by atoms with van der Waals surface area (Å²) in [5.41, 5.74) is 7.27. The normalized spacial score (nSPS) is 9.78. The van der Waals surface area contributed by atoms with Crippen LogP contribution in [0.5, 0.6) is 5.75 Å². The molecule has 0 aliphatic heterocycles. The van der Waals surface area contributed by atoms with Gasteiger partial charge in [-0.05, 0) is 18.2 Å². The van der Waals surface area contributed by atoms with Crippen molar-refractivity contribution in [2.45, 2.75) is 6.61 Å². The summed E-state index contributed by atoms with van der Waals surface area (Å²) in [4.78, 5) is 3.95. The highest BCUT2D eigenvalue weighted by molar-refractivity contribution is 6.32. The Balaban J connectivity index is 2.17. The molecule has 1 aromatic carbocycles. The SMILES string of the molecule is N#Cc1ncccc1COc1cc(N)ccc1Cl. The van der Waals surface area contributed by atoms with Crippen LogP contribution in [0.2, 0.25) is 5.02 Å². The van der Waals surface area contributed by atoms with Gasteiger partial charge in [-0.15, -0.1) is 0 Å². The Morgan fingerprint density at radius 1 is 1.39 bits per heavy atom. The maximum absolute atomic E-state index is 8.90. The number of nitrogens with zero attached hydrogens (tertiary/aromatic N) is 2. The predicted molar refractivity (Wildman–Crippen MR) is 69.1 cm³/mol. The number of anilines is 1. The summed E-state index contributed by atoms with van der Waals surface area (Å²) in [7, 11) is 0. The highest BCUT2D eigenvalue weighted by atomic mass is 35.5. The minimum Gasteiger partial charge on any atom is -0.487 e. The molecule has 1 heterocycles. The highest BCUT2D eigenvalue weighted by Crippen LogP contribution is 2.27. The first kappa shape index (κ1) is 12.2. The molecule has 0 aliphatic carbocycles. The number of rotatable bonds is 3. The number of nitrogen functional groups attached to an aromatic ring is 1. The standard InChI is InChI=1S/C13H10ClN3O/c14-11-4-3-10(16)6-13(11)18-8-9-2-1-5-17-12(9)7-15/h1-6H,8,16H2. The van der Waals surface area contributed by atoms with Gasteiger partial charge in [0, 0.05) is 23.5 Å². The van der Waals surface area contributed by atoms with Gasteiger partial charge in [0.25, 0.3) is 0 Å². The van der Waals surface area contributed by atoms with Crippen LogP contribution >= 0.6 is 11.6 Å². The van der Waals surface area contributed by atoms with E-state index in [0.717, 1.165) is 0 Å². The molecule has 5 heteroatoms. The van der Waals surface area contributed by atoms with Crippen molar-refractivity contribution in [3.8, 4) is 11.8 Å². The number of hydrogen-bond donors (Lipinski definition) is 1. The second kappa shape index (κ2) is 5.39. The van der Waals surface area contributed by atoms with Crippen molar-refractivity contribution in [2.75, 3.05) is 5.73 Å². The smallest absolute Gasteiger partial charge is 0.147 e. The van der Waals surface area contributed by atoms with Gasteiger partial charge < -0.3 is 10.5 Å². The van der Waals surface area contributed by atoms with E-state index in [-0.39, 0.29) is 6.61 Å². The molecule has 0 unspecified atom stereocenters. The van der Waals surface area contributed by atoms with Gasteiger partial charge in [-0.3, -0.25) is 0 Å². The second-order valence-corrected chi connectivity index (χ2v) is 4.01. The van der Waals surface area contributed by atoms with Crippen LogP contribution < -0.4 is 10.5 Å². The van der Waals surface area contributed by atoms with Crippen LogP contribution in [0.1, 0.15) is 11.3 Å². The van der Waals surface area contributed by atoms with Crippen LogP contribution in [0, 0.1) is 11.3 Å². The molecule has 1 aromatic heterocycles. The van der Waals surface area contributed by atoms with Gasteiger partial charge in [0.15, 0.2) is 0 Å². The van der Waals surface area contributed by atoms with Crippen LogP contribution in [0.15, 0.2) is 36.5 Å². The maximum Gasteiger partial charge on any atom is 0.147 e. The molecule has 2 N–H and O–H groups in total. The van der Waals surface area contributed by atoms with Gasteiger partial charge in [0.2, 0.25) is 0 Å². The van der Waals surface area contributed by atoms with Crippen LogP contribution in [-0.2, 0) is 6.61 Å². The van der Waals surface area contributed by atoms with Gasteiger partial charge in [-0.2, -0.15) is 5.26 Å². The zero-order valence-electron chi connectivity index (χ0n) is 9.43. The third kappa shape index (κ3) is 2.70. The topological polar surface area (TPSA) is 71.9 Å². The second-order valence-electron chi connectivity index (χ2n) is 3.60. The van der Waals surface area contributed by atoms with E-state index < -0.39 is 0 Å². The van der Waals surface area contributed by atoms with Crippen LogP contribution in [0.3, 0.4) is 0 Å². The average Bonchev–Trinajstić information content (AvgIpc) is 2.40. The minimum absolute atomic E-state index is 0.222. The van der Waals surface area contributed by atoms with E-state index in [1.165, 1.54) is 0 Å². The zero-order valence-corrected chi connectivity index (χ0v) is 10.2. The first-order valence-corrected chi connectivity index (χ1v) is 5.60. The molecule has 0 spiro atoms. The fraction of sp³-hybridized carbons (Fsp3) is 0.0769. The first-order chi connectivity index (χ1) is 8.70. The quantitative estimate of drug-likeness (QED) is 0.861. The third-order valence-corrected chi connectivity index (χ3v) is 2.65. The number of benzene rings is 1. The van der Waals surface area contributed by atoms with E-state index in [1.54, 1.807) is 36.5 Å². The number of halogens is 1. The lowest BCUT2D eigenvalue weighted by Gasteiger charge is -2.09. The van der Waals surface area contributed by atoms with E-state index in [9.17, 15) is 0 Å². The lowest BCUT2D eigenvalue weighted by Crippen LogP contribution is -2.00. The third-order valence-electron chi connectivity index (χ3n) is 2.34. The van der Waals surface area contributed by atoms with Crippen molar-refractivity contribution in [2.24, 2.45) is 0 Å². The number of aromatic nitrogens is 1. The molecule has 2 rings (SSSR count). The van der Waals surface area contributed by atoms with E-state index in [2.05, 4.69) is 4.98 Å². The number of nitrogens with two attached hydrogens (primary N) is 1. The summed E-state index contributed by atoms with van der Waals surface area (Å²) in [6.07, 6.45) is 1.57. The molecule has 0 radical (unpaired) electrons. The van der Waals surface area contributed by atoms with Crippen LogP contribution in [-0.4, -0.2) is 4.98 Å². The molecule has 0 aliphatic rings. The molecule has 90 valence electrons. The van der Waals surface area contributed by atoms with Crippen LogP contribution in [0.4, 0.5) is 5.69 Å². The molecule has 0 saturated heterocycles. The largest absolute Gasteiger partial charge is 0.487 e. The van der Waals surface area contributed by atoms with Crippen molar-refractivity contribution < 1.29 is 4.74 Å². The fourth-order valence-corrected chi connectivity index (χ4v) is 1.61. The molecule has 0 amide bonds. The molecule has 0 bridgehead atoms. The van der Waals surface area contributed by atoms with E-state index in [4.69, 9.17) is 27.3 Å².